The van der Waals surface area contributed by atoms with Gasteiger partial charge in [-0.2, -0.15) is 4.58 Å². The lowest BCUT2D eigenvalue weighted by Crippen LogP contribution is -2.33. The molecular formula is C49H51N2O+. The number of allylic oxidation sites excluding steroid dienone is 11. The second-order valence-electron chi connectivity index (χ2n) is 15.7. The van der Waals surface area contributed by atoms with E-state index in [1.54, 1.807) is 0 Å². The molecule has 1 atom stereocenters. The van der Waals surface area contributed by atoms with E-state index in [-0.39, 0.29) is 5.41 Å². The molecule has 262 valence electrons. The Balaban J connectivity index is 1.25. The zero-order valence-corrected chi connectivity index (χ0v) is 30.9. The van der Waals surface area contributed by atoms with Crippen molar-refractivity contribution in [3.8, 4) is 0 Å². The first-order valence-electron chi connectivity index (χ1n) is 19.3. The lowest BCUT2D eigenvalue weighted by molar-refractivity contribution is -0.439. The number of para-hydroxylation sites is 2. The average molecular weight is 684 g/mol. The first-order valence-corrected chi connectivity index (χ1v) is 19.3. The van der Waals surface area contributed by atoms with Gasteiger partial charge in [-0.05, 0) is 61.1 Å². The third-order valence-corrected chi connectivity index (χ3v) is 11.8. The van der Waals surface area contributed by atoms with Crippen LogP contribution in [-0.2, 0) is 18.4 Å². The van der Waals surface area contributed by atoms with Crippen molar-refractivity contribution < 1.29 is 9.68 Å². The summed E-state index contributed by atoms with van der Waals surface area (Å²) in [6, 6.07) is 28.4. The Hall–Kier alpha value is -5.15. The SMILES string of the molecule is C=C1C(c2c(Cc3ccccc3)n(CCC3C=CC=C3)c3ccccc23)=C(O)/C1=C\C1=[N+](CCC(C)C)c2ccccc2C1(C)CCC1C=CC=C1. The van der Waals surface area contributed by atoms with Crippen molar-refractivity contribution in [2.24, 2.45) is 17.8 Å². The molecular weight excluding hydrogens is 633 g/mol. The van der Waals surface area contributed by atoms with E-state index in [1.165, 1.54) is 39.1 Å². The van der Waals surface area contributed by atoms with E-state index in [1.807, 2.05) is 0 Å². The van der Waals surface area contributed by atoms with Crippen LogP contribution in [0.4, 0.5) is 5.69 Å². The fourth-order valence-electron chi connectivity index (χ4n) is 8.86. The Bertz CT molecular complexity index is 2220. The van der Waals surface area contributed by atoms with E-state index in [4.69, 9.17) is 6.58 Å². The van der Waals surface area contributed by atoms with Crippen LogP contribution < -0.4 is 0 Å². The number of benzene rings is 3. The van der Waals surface area contributed by atoms with Crippen LogP contribution in [0.25, 0.3) is 16.5 Å². The molecule has 0 saturated carbocycles. The molecule has 0 amide bonds. The second kappa shape index (κ2) is 14.1. The number of aliphatic hydroxyl groups excluding tert-OH is 1. The maximum atomic E-state index is 12.3. The van der Waals surface area contributed by atoms with Crippen LogP contribution in [0.5, 0.6) is 0 Å². The van der Waals surface area contributed by atoms with Crippen molar-refractivity contribution in [2.75, 3.05) is 6.54 Å². The number of aliphatic hydroxyl groups is 1. The smallest absolute Gasteiger partial charge is 0.209 e. The van der Waals surface area contributed by atoms with E-state index >= 15 is 0 Å². The van der Waals surface area contributed by atoms with Gasteiger partial charge in [0.25, 0.3) is 0 Å². The fourth-order valence-corrected chi connectivity index (χ4v) is 8.86. The number of aromatic nitrogens is 1. The summed E-state index contributed by atoms with van der Waals surface area (Å²) in [6.45, 7) is 13.6. The van der Waals surface area contributed by atoms with Crippen molar-refractivity contribution in [1.82, 2.24) is 4.57 Å². The largest absolute Gasteiger partial charge is 0.507 e. The second-order valence-corrected chi connectivity index (χ2v) is 15.7. The van der Waals surface area contributed by atoms with Gasteiger partial charge in [0.2, 0.25) is 5.69 Å². The molecule has 1 aromatic heterocycles. The molecule has 2 heterocycles. The summed E-state index contributed by atoms with van der Waals surface area (Å²) < 4.78 is 5.05. The summed E-state index contributed by atoms with van der Waals surface area (Å²) in [5.74, 6) is 1.85. The number of hydrogen-bond donors (Lipinski definition) is 1. The van der Waals surface area contributed by atoms with Crippen molar-refractivity contribution in [1.29, 1.82) is 0 Å². The molecule has 52 heavy (non-hydrogen) atoms. The van der Waals surface area contributed by atoms with E-state index in [0.717, 1.165) is 67.5 Å². The maximum Gasteiger partial charge on any atom is 0.209 e. The molecule has 3 aliphatic carbocycles. The molecule has 3 nitrogen and oxygen atoms in total. The summed E-state index contributed by atoms with van der Waals surface area (Å²) in [6.07, 6.45) is 25.2. The number of fused-ring (bicyclic) bond motifs is 2. The molecule has 8 rings (SSSR count). The van der Waals surface area contributed by atoms with Gasteiger partial charge in [0.1, 0.15) is 12.3 Å². The van der Waals surface area contributed by atoms with Gasteiger partial charge in [-0.1, -0.05) is 136 Å². The van der Waals surface area contributed by atoms with E-state index in [9.17, 15) is 5.11 Å². The first kappa shape index (κ1) is 34.0. The number of hydrogen-bond acceptors (Lipinski definition) is 1. The van der Waals surface area contributed by atoms with Gasteiger partial charge in [0.15, 0.2) is 5.71 Å². The van der Waals surface area contributed by atoms with E-state index in [0.29, 0.717) is 23.5 Å². The summed E-state index contributed by atoms with van der Waals surface area (Å²) >= 11 is 0. The highest BCUT2D eigenvalue weighted by molar-refractivity contribution is 6.11. The van der Waals surface area contributed by atoms with Crippen LogP contribution >= 0.6 is 0 Å². The van der Waals surface area contributed by atoms with E-state index in [2.05, 4.69) is 163 Å². The highest BCUT2D eigenvalue weighted by Gasteiger charge is 2.48. The van der Waals surface area contributed by atoms with Gasteiger partial charge in [-0.25, -0.2) is 0 Å². The third-order valence-electron chi connectivity index (χ3n) is 11.8. The normalized spacial score (nSPS) is 20.5. The van der Waals surface area contributed by atoms with Gasteiger partial charge in [-0.15, -0.1) is 0 Å². The Labute approximate surface area is 309 Å². The molecule has 0 radical (unpaired) electrons. The maximum absolute atomic E-state index is 12.3. The number of rotatable bonds is 13. The first-order chi connectivity index (χ1) is 25.3. The van der Waals surface area contributed by atoms with Crippen molar-refractivity contribution in [3.63, 3.8) is 0 Å². The van der Waals surface area contributed by atoms with Crippen LogP contribution in [0, 0.1) is 17.8 Å². The Kier molecular flexibility index (Phi) is 9.22. The standard InChI is InChI=1S/C49H50N2O/c1-34(2)27-30-51-43-25-15-13-23-41(43)49(4,29-26-36-16-8-9-17-36)45(51)33-40-35(3)46(48(40)52)47-39-22-12-14-24-42(39)50(31-28-37-18-10-11-19-37)44(47)32-38-20-6-5-7-21-38/h5-25,33-34,36-37H,3,26-32H2,1-2,4H3/p+1. The Morgan fingerprint density at radius 3 is 2.21 bits per heavy atom. The van der Waals surface area contributed by atoms with Crippen LogP contribution in [0.2, 0.25) is 0 Å². The molecule has 3 heteroatoms. The Morgan fingerprint density at radius 1 is 0.846 bits per heavy atom. The van der Waals surface area contributed by atoms with E-state index < -0.39 is 0 Å². The zero-order valence-electron chi connectivity index (χ0n) is 30.9. The lowest BCUT2D eigenvalue weighted by Gasteiger charge is -2.29. The summed E-state index contributed by atoms with van der Waals surface area (Å²) in [4.78, 5) is 0. The minimum Gasteiger partial charge on any atom is -0.507 e. The van der Waals surface area contributed by atoms with Crippen LogP contribution in [-0.4, -0.2) is 26.5 Å². The molecule has 4 aliphatic rings. The van der Waals surface area contributed by atoms with Crippen LogP contribution in [0.1, 0.15) is 68.8 Å². The summed E-state index contributed by atoms with van der Waals surface area (Å²) in [5, 5.41) is 13.5. The van der Waals surface area contributed by atoms with Crippen molar-refractivity contribution >= 4 is 27.9 Å². The molecule has 1 aliphatic heterocycles. The third kappa shape index (κ3) is 6.11. The topological polar surface area (TPSA) is 28.2 Å². The molecule has 4 aromatic rings. The Morgan fingerprint density at radius 2 is 1.50 bits per heavy atom. The van der Waals surface area contributed by atoms with Crippen molar-refractivity contribution in [2.45, 2.75) is 64.8 Å². The number of aryl methyl sites for hydroxylation is 1. The van der Waals surface area contributed by atoms with Gasteiger partial charge in [0.05, 0.1) is 5.41 Å². The van der Waals surface area contributed by atoms with Gasteiger partial charge >= 0.3 is 0 Å². The average Bonchev–Trinajstić information content (AvgIpc) is 3.97. The predicted molar refractivity (Wildman–Crippen MR) is 218 cm³/mol. The molecule has 1 N–H and O–H groups in total. The molecule has 0 bridgehead atoms. The number of nitrogens with zero attached hydrogens (tertiary/aromatic N) is 2. The zero-order chi connectivity index (χ0) is 35.8. The molecule has 0 saturated heterocycles. The van der Waals surface area contributed by atoms with Crippen LogP contribution in [0.3, 0.4) is 0 Å². The lowest BCUT2D eigenvalue weighted by atomic mass is 9.72. The minimum atomic E-state index is -0.196. The quantitative estimate of drug-likeness (QED) is 0.140. The van der Waals surface area contributed by atoms with Crippen LogP contribution in [0.15, 0.2) is 157 Å². The summed E-state index contributed by atoms with van der Waals surface area (Å²) in [5.41, 5.74) is 11.3. The molecule has 1 unspecified atom stereocenters. The molecule has 0 spiro atoms. The molecule has 0 fully saturated rings. The minimum absolute atomic E-state index is 0.196. The van der Waals surface area contributed by atoms with Gasteiger partial charge in [0, 0.05) is 70.4 Å². The monoisotopic (exact) mass is 683 g/mol. The highest BCUT2D eigenvalue weighted by atomic mass is 16.3. The van der Waals surface area contributed by atoms with Gasteiger partial charge < -0.3 is 9.67 Å². The molecule has 3 aromatic carbocycles. The fraction of sp³-hybridized carbons (Fsp3) is 0.286. The van der Waals surface area contributed by atoms with Gasteiger partial charge in [-0.3, -0.25) is 0 Å². The predicted octanol–water partition coefficient (Wildman–Crippen LogP) is 11.8. The summed E-state index contributed by atoms with van der Waals surface area (Å²) in [7, 11) is 0. The van der Waals surface area contributed by atoms with Crippen molar-refractivity contribution in [3.05, 3.63) is 179 Å². The highest BCUT2D eigenvalue weighted by Crippen LogP contribution is 2.51.